The van der Waals surface area contributed by atoms with Crippen molar-refractivity contribution in [2.24, 2.45) is 5.73 Å². The van der Waals surface area contributed by atoms with Crippen molar-refractivity contribution in [1.29, 1.82) is 5.41 Å². The summed E-state index contributed by atoms with van der Waals surface area (Å²) in [6, 6.07) is 5.81. The van der Waals surface area contributed by atoms with Gasteiger partial charge in [0, 0.05) is 16.6 Å². The van der Waals surface area contributed by atoms with Crippen molar-refractivity contribution in [2.45, 2.75) is 24.9 Å². The first-order valence-electron chi connectivity index (χ1n) is 5.21. The lowest BCUT2D eigenvalue weighted by molar-refractivity contribution is 0.300. The Bertz CT molecular complexity index is 379. The van der Waals surface area contributed by atoms with Gasteiger partial charge in [0.1, 0.15) is 5.84 Å². The highest BCUT2D eigenvalue weighted by Crippen LogP contribution is 2.20. The van der Waals surface area contributed by atoms with E-state index in [9.17, 15) is 0 Å². The van der Waals surface area contributed by atoms with Crippen LogP contribution in [0.1, 0.15) is 23.6 Å². The number of thioether (sulfide) groups is 1. The maximum atomic E-state index is 8.93. The molecule has 0 saturated heterocycles. The summed E-state index contributed by atoms with van der Waals surface area (Å²) >= 11 is 1.72. The molecule has 0 fully saturated rings. The predicted molar refractivity (Wildman–Crippen MR) is 70.0 cm³/mol. The monoisotopic (exact) mass is 238 g/mol. The number of hydrogen-bond donors (Lipinski definition) is 3. The zero-order chi connectivity index (χ0) is 12.1. The second-order valence-corrected chi connectivity index (χ2v) is 5.29. The van der Waals surface area contributed by atoms with Crippen LogP contribution in [0.5, 0.6) is 0 Å². The van der Waals surface area contributed by atoms with Gasteiger partial charge in [-0.15, -0.1) is 0 Å². The highest BCUT2D eigenvalue weighted by Gasteiger charge is 2.05. The Hall–Kier alpha value is -1.000. The molecule has 0 aliphatic heterocycles. The predicted octanol–water partition coefficient (Wildman–Crippen LogP) is 1.89. The van der Waals surface area contributed by atoms with E-state index in [1.165, 1.54) is 5.56 Å². The average Bonchev–Trinajstić information content (AvgIpc) is 2.26. The van der Waals surface area contributed by atoms with Crippen LogP contribution in [0, 0.1) is 12.3 Å². The summed E-state index contributed by atoms with van der Waals surface area (Å²) in [6.45, 7) is 4.23. The minimum absolute atomic E-state index is 0.103. The topological polar surface area (TPSA) is 70.1 Å². The van der Waals surface area contributed by atoms with Gasteiger partial charge < -0.3 is 10.8 Å². The van der Waals surface area contributed by atoms with E-state index in [4.69, 9.17) is 16.2 Å². The highest BCUT2D eigenvalue weighted by atomic mass is 32.2. The van der Waals surface area contributed by atoms with Crippen molar-refractivity contribution in [3.8, 4) is 0 Å². The van der Waals surface area contributed by atoms with Gasteiger partial charge in [0.25, 0.3) is 0 Å². The SMILES string of the molecule is Cc1cc(C(=N)N)ccc1CSC(C)CO. The van der Waals surface area contributed by atoms with Crippen LogP contribution in [0.2, 0.25) is 0 Å². The quantitative estimate of drug-likeness (QED) is 0.542. The molecule has 0 radical (unpaired) electrons. The number of aliphatic hydroxyl groups excluding tert-OH is 1. The minimum atomic E-state index is 0.103. The molecule has 0 aliphatic carbocycles. The summed E-state index contributed by atoms with van der Waals surface area (Å²) < 4.78 is 0. The zero-order valence-corrected chi connectivity index (χ0v) is 10.5. The van der Waals surface area contributed by atoms with E-state index < -0.39 is 0 Å². The Labute approximate surface area is 101 Å². The number of aryl methyl sites for hydroxylation is 1. The van der Waals surface area contributed by atoms with Gasteiger partial charge in [-0.25, -0.2) is 0 Å². The molecule has 0 amide bonds. The Morgan fingerprint density at radius 3 is 2.75 bits per heavy atom. The van der Waals surface area contributed by atoms with E-state index in [2.05, 4.69) is 0 Å². The smallest absolute Gasteiger partial charge is 0.122 e. The third kappa shape index (κ3) is 3.54. The zero-order valence-electron chi connectivity index (χ0n) is 9.66. The summed E-state index contributed by atoms with van der Waals surface area (Å²) in [5, 5.41) is 16.5. The largest absolute Gasteiger partial charge is 0.395 e. The van der Waals surface area contributed by atoms with Crippen molar-refractivity contribution in [1.82, 2.24) is 0 Å². The number of benzene rings is 1. The third-order valence-corrected chi connectivity index (χ3v) is 3.63. The first-order chi connectivity index (χ1) is 7.54. The molecule has 0 bridgehead atoms. The minimum Gasteiger partial charge on any atom is -0.395 e. The molecule has 1 unspecified atom stereocenters. The molecule has 0 saturated carbocycles. The molecule has 3 nitrogen and oxygen atoms in total. The molecule has 0 aliphatic rings. The number of nitrogens with two attached hydrogens (primary N) is 1. The van der Waals surface area contributed by atoms with E-state index in [1.54, 1.807) is 11.8 Å². The van der Waals surface area contributed by atoms with E-state index >= 15 is 0 Å². The number of nitrogens with one attached hydrogen (secondary N) is 1. The summed E-state index contributed by atoms with van der Waals surface area (Å²) in [7, 11) is 0. The van der Waals surface area contributed by atoms with Crippen LogP contribution in [-0.2, 0) is 5.75 Å². The molecule has 1 rings (SSSR count). The average molecular weight is 238 g/mol. The van der Waals surface area contributed by atoms with Crippen molar-refractivity contribution in [2.75, 3.05) is 6.61 Å². The summed E-state index contributed by atoms with van der Waals surface area (Å²) in [4.78, 5) is 0. The highest BCUT2D eigenvalue weighted by molar-refractivity contribution is 7.99. The molecule has 1 aromatic carbocycles. The van der Waals surface area contributed by atoms with Gasteiger partial charge in [0.2, 0.25) is 0 Å². The molecule has 88 valence electrons. The van der Waals surface area contributed by atoms with Crippen molar-refractivity contribution in [3.63, 3.8) is 0 Å². The van der Waals surface area contributed by atoms with Gasteiger partial charge in [-0.2, -0.15) is 11.8 Å². The van der Waals surface area contributed by atoms with Crippen LogP contribution >= 0.6 is 11.8 Å². The lowest BCUT2D eigenvalue weighted by atomic mass is 10.1. The first-order valence-corrected chi connectivity index (χ1v) is 6.26. The van der Waals surface area contributed by atoms with Gasteiger partial charge in [-0.05, 0) is 24.1 Å². The lowest BCUT2D eigenvalue weighted by Gasteiger charge is -2.10. The maximum absolute atomic E-state index is 8.93. The molecule has 1 atom stereocenters. The fourth-order valence-electron chi connectivity index (χ4n) is 1.31. The van der Waals surface area contributed by atoms with Crippen LogP contribution in [0.25, 0.3) is 0 Å². The molecular formula is C12H18N2OS. The number of aliphatic hydroxyl groups is 1. The standard InChI is InChI=1S/C12H18N2OS/c1-8-5-10(12(13)14)3-4-11(8)7-16-9(2)6-15/h3-5,9,15H,6-7H2,1-2H3,(H3,13,14). The van der Waals surface area contributed by atoms with Gasteiger partial charge in [0.05, 0.1) is 6.61 Å². The normalized spacial score (nSPS) is 12.4. The molecule has 1 aromatic rings. The van der Waals surface area contributed by atoms with Gasteiger partial charge >= 0.3 is 0 Å². The molecule has 16 heavy (non-hydrogen) atoms. The van der Waals surface area contributed by atoms with Gasteiger partial charge in [0.15, 0.2) is 0 Å². The van der Waals surface area contributed by atoms with E-state index in [1.807, 2.05) is 32.0 Å². The Morgan fingerprint density at radius 1 is 1.56 bits per heavy atom. The third-order valence-electron chi connectivity index (χ3n) is 2.43. The molecule has 4 heteroatoms. The molecule has 0 spiro atoms. The van der Waals surface area contributed by atoms with Crippen molar-refractivity contribution >= 4 is 17.6 Å². The molecule has 0 aromatic heterocycles. The van der Waals surface area contributed by atoms with Crippen LogP contribution in [0.4, 0.5) is 0 Å². The molecule has 4 N–H and O–H groups in total. The lowest BCUT2D eigenvalue weighted by Crippen LogP contribution is -2.11. The van der Waals surface area contributed by atoms with Crippen molar-refractivity contribution < 1.29 is 5.11 Å². The fraction of sp³-hybridized carbons (Fsp3) is 0.417. The Morgan fingerprint density at radius 2 is 2.25 bits per heavy atom. The fourth-order valence-corrected chi connectivity index (χ4v) is 2.20. The maximum Gasteiger partial charge on any atom is 0.122 e. The Kier molecular flexibility index (Phi) is 4.83. The second kappa shape index (κ2) is 5.92. The van der Waals surface area contributed by atoms with E-state index in [-0.39, 0.29) is 17.7 Å². The summed E-state index contributed by atoms with van der Waals surface area (Å²) in [5.41, 5.74) is 8.56. The van der Waals surface area contributed by atoms with E-state index in [0.29, 0.717) is 0 Å². The van der Waals surface area contributed by atoms with Crippen LogP contribution in [-0.4, -0.2) is 22.8 Å². The Balaban J connectivity index is 2.72. The summed E-state index contributed by atoms with van der Waals surface area (Å²) in [5.74, 6) is 0.984. The van der Waals surface area contributed by atoms with Crippen molar-refractivity contribution in [3.05, 3.63) is 34.9 Å². The second-order valence-electron chi connectivity index (χ2n) is 3.86. The first kappa shape index (κ1) is 13.1. The number of amidine groups is 1. The van der Waals surface area contributed by atoms with Gasteiger partial charge in [-0.3, -0.25) is 5.41 Å². The number of hydrogen-bond acceptors (Lipinski definition) is 3. The number of nitrogen functional groups attached to an aromatic ring is 1. The van der Waals surface area contributed by atoms with Gasteiger partial charge in [-0.1, -0.05) is 19.1 Å². The molecular weight excluding hydrogens is 220 g/mol. The van der Waals surface area contributed by atoms with Crippen LogP contribution in [0.15, 0.2) is 18.2 Å². The van der Waals surface area contributed by atoms with E-state index in [0.717, 1.165) is 16.9 Å². The summed E-state index contributed by atoms with van der Waals surface area (Å²) in [6.07, 6.45) is 0. The molecule has 0 heterocycles. The number of rotatable bonds is 5. The van der Waals surface area contributed by atoms with Crippen LogP contribution in [0.3, 0.4) is 0 Å². The van der Waals surface area contributed by atoms with Crippen LogP contribution < -0.4 is 5.73 Å².